The van der Waals surface area contributed by atoms with E-state index >= 15 is 0 Å². The summed E-state index contributed by atoms with van der Waals surface area (Å²) in [7, 11) is 6.88. The molecular formula is C29H38N4O7. The van der Waals surface area contributed by atoms with Gasteiger partial charge in [-0.15, -0.1) is 0 Å². The van der Waals surface area contributed by atoms with Gasteiger partial charge in [-0.25, -0.2) is 0 Å². The number of phenolic OH excluding ortho intramolecular Hbond substituents is 1. The van der Waals surface area contributed by atoms with Crippen LogP contribution in [0.3, 0.4) is 0 Å². The minimum absolute atomic E-state index is 0.0218. The fraction of sp³-hybridized carbons (Fsp3) is 0.621. The average Bonchev–Trinajstić information content (AvgIpc) is 3.69. The van der Waals surface area contributed by atoms with Crippen molar-refractivity contribution in [3.63, 3.8) is 0 Å². The van der Waals surface area contributed by atoms with Crippen LogP contribution in [0.15, 0.2) is 6.07 Å². The van der Waals surface area contributed by atoms with Crippen LogP contribution in [-0.2, 0) is 32.1 Å². The minimum atomic E-state index is -2.72. The topological polar surface area (TPSA) is 162 Å². The number of nitrogens with zero attached hydrogens (tertiary/aromatic N) is 3. The predicted octanol–water partition coefficient (Wildman–Crippen LogP) is -0.0827. The lowest BCUT2D eigenvalue weighted by Gasteiger charge is -2.52. The largest absolute Gasteiger partial charge is 0.507 e. The van der Waals surface area contributed by atoms with Crippen molar-refractivity contribution in [1.82, 2.24) is 9.80 Å². The Balaban J connectivity index is 1.62. The number of carbonyl (C=O) groups is 5. The van der Waals surface area contributed by atoms with Gasteiger partial charge >= 0.3 is 0 Å². The number of fused-ring (bicyclic) bond motifs is 3. The third kappa shape index (κ3) is 4.01. The Kier molecular flexibility index (Phi) is 6.91. The molecule has 0 heterocycles. The number of aliphatic hydroxyl groups is 1. The summed E-state index contributed by atoms with van der Waals surface area (Å²) >= 11 is 0. The number of nitrogens with two attached hydrogens (primary N) is 1. The molecule has 4 N–H and O–H groups in total. The summed E-state index contributed by atoms with van der Waals surface area (Å²) in [5.41, 5.74) is 4.98. The number of amides is 1. The maximum Gasteiger partial charge on any atom is 0.235 e. The van der Waals surface area contributed by atoms with Crippen LogP contribution in [0.1, 0.15) is 47.7 Å². The van der Waals surface area contributed by atoms with Gasteiger partial charge in [0.15, 0.2) is 34.7 Å². The first-order valence-corrected chi connectivity index (χ1v) is 13.9. The molecule has 0 aliphatic heterocycles. The van der Waals surface area contributed by atoms with E-state index in [1.54, 1.807) is 20.2 Å². The van der Waals surface area contributed by atoms with E-state index in [4.69, 9.17) is 5.73 Å². The minimum Gasteiger partial charge on any atom is -0.507 e. The average molecular weight is 555 g/mol. The van der Waals surface area contributed by atoms with E-state index in [0.29, 0.717) is 18.2 Å². The van der Waals surface area contributed by atoms with Crippen molar-refractivity contribution in [2.45, 2.75) is 56.8 Å². The van der Waals surface area contributed by atoms with E-state index in [9.17, 15) is 34.2 Å². The van der Waals surface area contributed by atoms with E-state index in [2.05, 4.69) is 11.8 Å². The molecule has 2 unspecified atom stereocenters. The molecule has 5 rings (SSSR count). The van der Waals surface area contributed by atoms with Crippen LogP contribution >= 0.6 is 0 Å². The van der Waals surface area contributed by atoms with Crippen LogP contribution in [0.4, 0.5) is 5.69 Å². The van der Waals surface area contributed by atoms with Crippen molar-refractivity contribution >= 4 is 34.7 Å². The smallest absolute Gasteiger partial charge is 0.235 e. The van der Waals surface area contributed by atoms with E-state index in [1.165, 1.54) is 4.90 Å². The first kappa shape index (κ1) is 28.4. The first-order chi connectivity index (χ1) is 18.7. The third-order valence-corrected chi connectivity index (χ3v) is 9.40. The molecule has 0 bridgehead atoms. The number of hydrogen-bond acceptors (Lipinski definition) is 10. The van der Waals surface area contributed by atoms with Crippen LogP contribution in [0.5, 0.6) is 5.75 Å². The molecule has 0 spiro atoms. The zero-order valence-corrected chi connectivity index (χ0v) is 23.6. The Morgan fingerprint density at radius 3 is 2.27 bits per heavy atom. The number of primary amides is 1. The highest BCUT2D eigenvalue weighted by atomic mass is 16.3. The number of carbonyl (C=O) groups excluding carboxylic acids is 5. The zero-order valence-electron chi connectivity index (χ0n) is 23.6. The number of hydrogen-bond donors (Lipinski definition) is 3. The highest BCUT2D eigenvalue weighted by molar-refractivity contribution is 6.32. The molecule has 0 radical (unpaired) electrons. The van der Waals surface area contributed by atoms with Crippen molar-refractivity contribution in [3.8, 4) is 5.75 Å². The molecule has 0 saturated heterocycles. The number of aromatic hydroxyl groups is 1. The summed E-state index contributed by atoms with van der Waals surface area (Å²) in [6.45, 7) is 3.53. The Morgan fingerprint density at radius 2 is 1.75 bits per heavy atom. The zero-order chi connectivity index (χ0) is 29.4. The van der Waals surface area contributed by atoms with Crippen LogP contribution < -0.4 is 10.6 Å². The van der Waals surface area contributed by atoms with Gasteiger partial charge in [-0.1, -0.05) is 6.92 Å². The molecule has 6 atom stereocenters. The molecular weight excluding hydrogens is 516 g/mol. The van der Waals surface area contributed by atoms with Crippen molar-refractivity contribution < 1.29 is 34.2 Å². The van der Waals surface area contributed by atoms with Crippen molar-refractivity contribution in [1.29, 1.82) is 0 Å². The first-order valence-electron chi connectivity index (χ1n) is 13.9. The van der Waals surface area contributed by atoms with E-state index in [1.807, 2.05) is 19.0 Å². The number of rotatable bonds is 7. The monoisotopic (exact) mass is 554 g/mol. The molecule has 3 fully saturated rings. The second-order valence-corrected chi connectivity index (χ2v) is 12.2. The number of phenols is 1. The molecule has 0 aromatic heterocycles. The summed E-state index contributed by atoms with van der Waals surface area (Å²) in [6, 6.07) is 0.954. The molecule has 11 nitrogen and oxygen atoms in total. The lowest BCUT2D eigenvalue weighted by atomic mass is 9.52. The van der Waals surface area contributed by atoms with Gasteiger partial charge in [0.1, 0.15) is 5.75 Å². The highest BCUT2D eigenvalue weighted by Crippen LogP contribution is 2.52. The fourth-order valence-electron chi connectivity index (χ4n) is 7.56. The lowest BCUT2D eigenvalue weighted by molar-refractivity contribution is -0.181. The van der Waals surface area contributed by atoms with Crippen LogP contribution in [0.25, 0.3) is 0 Å². The number of likely N-dealkylation sites (N-methyl/N-ethyl adjacent to an activating group) is 1. The molecule has 216 valence electrons. The standard InChI is InChI=1S/C29H38N4O7/c1-6-33(15-7-8-15)12-14-11-18(34)20-16(22(14)31(2)3)9-13-10-17-23(32(4)5)25(36)21(28(30)39)27(38)29(17,40)26(37)19(13)24(20)35/h11,13,15,17,19,21,23,34,40H,6-10,12H2,1-5H3,(H2,30,39)/t13-,17-,19?,21?,23-,29-/m0/s1. The molecule has 1 amide bonds. The number of benzene rings is 1. The van der Waals surface area contributed by atoms with Crippen molar-refractivity contribution in [2.75, 3.05) is 39.6 Å². The van der Waals surface area contributed by atoms with Crippen LogP contribution in [-0.4, -0.2) is 101 Å². The summed E-state index contributed by atoms with van der Waals surface area (Å²) in [5, 5.41) is 22.8. The number of Topliss-reactive ketones (excluding diaryl/α,β-unsaturated/α-hetero) is 4. The Morgan fingerprint density at radius 1 is 1.10 bits per heavy atom. The normalized spacial score (nSPS) is 31.8. The van der Waals surface area contributed by atoms with Crippen molar-refractivity contribution in [3.05, 3.63) is 22.8 Å². The fourth-order valence-corrected chi connectivity index (χ4v) is 7.56. The molecule has 40 heavy (non-hydrogen) atoms. The summed E-state index contributed by atoms with van der Waals surface area (Å²) in [4.78, 5) is 72.5. The van der Waals surface area contributed by atoms with Crippen LogP contribution in [0.2, 0.25) is 0 Å². The summed E-state index contributed by atoms with van der Waals surface area (Å²) < 4.78 is 0. The van der Waals surface area contributed by atoms with Gasteiger partial charge in [0.25, 0.3) is 0 Å². The van der Waals surface area contributed by atoms with E-state index in [-0.39, 0.29) is 24.2 Å². The SMILES string of the molecule is CCN(Cc1cc(O)c2c(c1N(C)C)C[C@H]1C[C@H]3[C@H](N(C)C)C(=O)C(C(N)=O)C(=O)[C@@]3(O)C(=O)C1C2=O)C1CC1. The molecule has 4 aliphatic carbocycles. The van der Waals surface area contributed by atoms with Gasteiger partial charge in [-0.3, -0.25) is 33.8 Å². The molecule has 11 heteroatoms. The molecule has 1 aromatic rings. The van der Waals surface area contributed by atoms with Gasteiger partial charge in [-0.2, -0.15) is 0 Å². The maximum atomic E-state index is 14.0. The Bertz CT molecular complexity index is 1320. The van der Waals surface area contributed by atoms with E-state index < -0.39 is 64.4 Å². The lowest BCUT2D eigenvalue weighted by Crippen LogP contribution is -2.74. The van der Waals surface area contributed by atoms with E-state index in [0.717, 1.165) is 30.6 Å². The quantitative estimate of drug-likeness (QED) is 0.389. The predicted molar refractivity (Wildman–Crippen MR) is 145 cm³/mol. The van der Waals surface area contributed by atoms with Crippen LogP contribution in [0, 0.1) is 23.7 Å². The molecule has 4 aliphatic rings. The maximum absolute atomic E-state index is 14.0. The van der Waals surface area contributed by atoms with Gasteiger partial charge in [0.05, 0.1) is 17.5 Å². The third-order valence-electron chi connectivity index (χ3n) is 9.40. The van der Waals surface area contributed by atoms with Gasteiger partial charge in [0, 0.05) is 38.3 Å². The molecule has 1 aromatic carbocycles. The van der Waals surface area contributed by atoms with Gasteiger partial charge in [0.2, 0.25) is 5.91 Å². The number of anilines is 1. The molecule has 3 saturated carbocycles. The second-order valence-electron chi connectivity index (χ2n) is 12.2. The van der Waals surface area contributed by atoms with Gasteiger partial charge in [-0.05, 0) is 69.4 Å². The summed E-state index contributed by atoms with van der Waals surface area (Å²) in [6.07, 6.45) is 2.52. The van der Waals surface area contributed by atoms with Crippen molar-refractivity contribution in [2.24, 2.45) is 29.4 Å². The van der Waals surface area contributed by atoms with Gasteiger partial charge < -0.3 is 20.8 Å². The Labute approximate surface area is 233 Å². The summed E-state index contributed by atoms with van der Waals surface area (Å²) in [5.74, 6) is -10.3. The highest BCUT2D eigenvalue weighted by Gasteiger charge is 2.69. The second kappa shape index (κ2) is 9.74. The Hall–Kier alpha value is -3.15. The number of ketones is 4.